The standard InChI is InChI=1S/C35H29NO3/c1-3-34-27(23-15-7-5-8-16-23)28(24-17-9-6-10-18-24)35(4-2,33(34)39)30-29(34)31(37)36(32(30)38)26-21-13-19-22-14-11-12-20-25(22)26/h5-21,29-30H,3-4H2,1-2H3/t29-,30+,34-,35+. The number of hydrogen-bond acceptors (Lipinski definition) is 3. The minimum absolute atomic E-state index is 0.0342. The first-order chi connectivity index (χ1) is 19.0. The number of anilines is 1. The Labute approximate surface area is 228 Å². The Morgan fingerprint density at radius 3 is 1.56 bits per heavy atom. The van der Waals surface area contributed by atoms with Crippen LogP contribution in [0.2, 0.25) is 0 Å². The lowest BCUT2D eigenvalue weighted by molar-refractivity contribution is -0.134. The van der Waals surface area contributed by atoms with Crippen LogP contribution in [-0.4, -0.2) is 17.6 Å². The molecule has 192 valence electrons. The minimum Gasteiger partial charge on any atom is -0.298 e. The number of fused-ring (bicyclic) bond motifs is 6. The van der Waals surface area contributed by atoms with Gasteiger partial charge in [-0.1, -0.05) is 111 Å². The van der Waals surface area contributed by atoms with Gasteiger partial charge in [0, 0.05) is 5.39 Å². The average Bonchev–Trinajstić information content (AvgIpc) is 3.48. The number of ketones is 1. The van der Waals surface area contributed by atoms with E-state index in [2.05, 4.69) is 0 Å². The number of imide groups is 1. The van der Waals surface area contributed by atoms with Crippen molar-refractivity contribution in [3.8, 4) is 0 Å². The first kappa shape index (κ1) is 23.8. The second kappa shape index (κ2) is 8.34. The molecule has 1 saturated carbocycles. The van der Waals surface area contributed by atoms with Crippen molar-refractivity contribution < 1.29 is 14.4 Å². The zero-order valence-corrected chi connectivity index (χ0v) is 22.1. The van der Waals surface area contributed by atoms with Crippen LogP contribution in [0.15, 0.2) is 103 Å². The van der Waals surface area contributed by atoms with Gasteiger partial charge in [0.15, 0.2) is 5.78 Å². The van der Waals surface area contributed by atoms with Crippen molar-refractivity contribution in [2.45, 2.75) is 26.7 Å². The van der Waals surface area contributed by atoms with Gasteiger partial charge in [0.25, 0.3) is 0 Å². The summed E-state index contributed by atoms with van der Waals surface area (Å²) in [5.74, 6) is -1.94. The Morgan fingerprint density at radius 1 is 0.590 bits per heavy atom. The number of Topliss-reactive ketones (excluding diaryl/α,β-unsaturated/α-hetero) is 1. The number of allylic oxidation sites excluding steroid dienone is 2. The highest BCUT2D eigenvalue weighted by Crippen LogP contribution is 2.75. The van der Waals surface area contributed by atoms with Crippen molar-refractivity contribution in [1.29, 1.82) is 0 Å². The van der Waals surface area contributed by atoms with Crippen molar-refractivity contribution in [3.63, 3.8) is 0 Å². The van der Waals surface area contributed by atoms with E-state index < -0.39 is 22.7 Å². The zero-order valence-electron chi connectivity index (χ0n) is 22.1. The van der Waals surface area contributed by atoms with Gasteiger partial charge in [-0.3, -0.25) is 14.4 Å². The van der Waals surface area contributed by atoms with E-state index in [1.165, 1.54) is 4.90 Å². The molecule has 4 aromatic carbocycles. The van der Waals surface area contributed by atoms with E-state index in [1.807, 2.05) is 117 Å². The number of hydrogen-bond donors (Lipinski definition) is 0. The molecule has 1 heterocycles. The fourth-order valence-corrected chi connectivity index (χ4v) is 8.10. The van der Waals surface area contributed by atoms with Gasteiger partial charge < -0.3 is 0 Å². The largest absolute Gasteiger partial charge is 0.298 e. The van der Waals surface area contributed by atoms with E-state index in [0.717, 1.165) is 33.0 Å². The van der Waals surface area contributed by atoms with Crippen LogP contribution >= 0.6 is 0 Å². The molecule has 4 nitrogen and oxygen atoms in total. The summed E-state index contributed by atoms with van der Waals surface area (Å²) < 4.78 is 0. The topological polar surface area (TPSA) is 54.5 Å². The van der Waals surface area contributed by atoms with Crippen LogP contribution in [0, 0.1) is 22.7 Å². The summed E-state index contributed by atoms with van der Waals surface area (Å²) in [5, 5.41) is 1.83. The van der Waals surface area contributed by atoms with Gasteiger partial charge in [0.2, 0.25) is 11.8 Å². The monoisotopic (exact) mass is 511 g/mol. The van der Waals surface area contributed by atoms with Gasteiger partial charge in [-0.25, -0.2) is 4.90 Å². The zero-order chi connectivity index (χ0) is 26.9. The van der Waals surface area contributed by atoms with E-state index in [4.69, 9.17) is 0 Å². The minimum atomic E-state index is -1.07. The Balaban J connectivity index is 1.53. The molecule has 0 radical (unpaired) electrons. The van der Waals surface area contributed by atoms with Crippen molar-refractivity contribution >= 4 is 45.2 Å². The molecule has 4 heteroatoms. The van der Waals surface area contributed by atoms with Crippen LogP contribution in [0.5, 0.6) is 0 Å². The normalized spacial score (nSPS) is 27.6. The molecular weight excluding hydrogens is 482 g/mol. The van der Waals surface area contributed by atoms with Crippen molar-refractivity contribution in [1.82, 2.24) is 0 Å². The molecule has 2 bridgehead atoms. The predicted molar refractivity (Wildman–Crippen MR) is 154 cm³/mol. The highest BCUT2D eigenvalue weighted by Gasteiger charge is 2.80. The molecule has 1 aliphatic heterocycles. The Hall–Kier alpha value is -4.31. The molecule has 4 aromatic rings. The molecule has 3 aliphatic rings. The van der Waals surface area contributed by atoms with Gasteiger partial charge in [0.1, 0.15) is 0 Å². The Bertz CT molecular complexity index is 1620. The summed E-state index contributed by atoms with van der Waals surface area (Å²) in [6.07, 6.45) is 0.912. The Morgan fingerprint density at radius 2 is 1.05 bits per heavy atom. The fraction of sp³-hybridized carbons (Fsp3) is 0.229. The van der Waals surface area contributed by atoms with Crippen molar-refractivity contribution in [2.75, 3.05) is 4.90 Å². The van der Waals surface area contributed by atoms with Crippen LogP contribution in [0.4, 0.5) is 5.69 Å². The lowest BCUT2D eigenvalue weighted by atomic mass is 9.60. The number of rotatable bonds is 5. The molecule has 0 spiro atoms. The molecule has 0 aromatic heterocycles. The Kier molecular flexibility index (Phi) is 5.09. The van der Waals surface area contributed by atoms with Gasteiger partial charge in [-0.05, 0) is 46.6 Å². The number of carbonyl (C=O) groups is 3. The number of amides is 2. The van der Waals surface area contributed by atoms with Crippen LogP contribution in [-0.2, 0) is 14.4 Å². The van der Waals surface area contributed by atoms with Gasteiger partial charge in [-0.15, -0.1) is 0 Å². The summed E-state index contributed by atoms with van der Waals surface area (Å²) in [7, 11) is 0. The third-order valence-corrected chi connectivity index (χ3v) is 9.57. The summed E-state index contributed by atoms with van der Waals surface area (Å²) in [5.41, 5.74) is 2.20. The second-order valence-electron chi connectivity index (χ2n) is 10.9. The average molecular weight is 512 g/mol. The summed E-state index contributed by atoms with van der Waals surface area (Å²) >= 11 is 0. The van der Waals surface area contributed by atoms with Gasteiger partial charge in [0.05, 0.1) is 28.4 Å². The van der Waals surface area contributed by atoms with Crippen molar-refractivity contribution in [2.24, 2.45) is 22.7 Å². The molecule has 0 N–H and O–H groups in total. The number of carbonyl (C=O) groups excluding carboxylic acids is 3. The SMILES string of the molecule is CC[C@]12C(=O)[C@](CC)(C(c3ccccc3)=C1c1ccccc1)[C@H]1C(=O)N(c3cccc4ccccc34)C(=O)[C@H]12. The van der Waals surface area contributed by atoms with E-state index in [0.29, 0.717) is 18.5 Å². The highest BCUT2D eigenvalue weighted by molar-refractivity contribution is 6.35. The third-order valence-electron chi connectivity index (χ3n) is 9.57. The van der Waals surface area contributed by atoms with Gasteiger partial charge in [-0.2, -0.15) is 0 Å². The first-order valence-corrected chi connectivity index (χ1v) is 13.8. The molecule has 2 aliphatic carbocycles. The number of nitrogens with zero attached hydrogens (tertiary/aromatic N) is 1. The molecule has 2 amide bonds. The maximum Gasteiger partial charge on any atom is 0.239 e. The summed E-state index contributed by atoms with van der Waals surface area (Å²) in [6.45, 7) is 3.99. The fourth-order valence-electron chi connectivity index (χ4n) is 8.10. The number of benzene rings is 4. The lowest BCUT2D eigenvalue weighted by Gasteiger charge is -2.38. The molecular formula is C35H29NO3. The lowest BCUT2D eigenvalue weighted by Crippen LogP contribution is -2.41. The second-order valence-corrected chi connectivity index (χ2v) is 10.9. The third kappa shape index (κ3) is 2.76. The van der Waals surface area contributed by atoms with E-state index in [1.54, 1.807) is 0 Å². The van der Waals surface area contributed by atoms with E-state index in [9.17, 15) is 14.4 Å². The molecule has 2 fully saturated rings. The first-order valence-electron chi connectivity index (χ1n) is 13.8. The molecule has 1 saturated heterocycles. The predicted octanol–water partition coefficient (Wildman–Crippen LogP) is 6.95. The quantitative estimate of drug-likeness (QED) is 0.273. The summed E-state index contributed by atoms with van der Waals surface area (Å²) in [6, 6.07) is 33.5. The maximum absolute atomic E-state index is 14.8. The van der Waals surface area contributed by atoms with E-state index >= 15 is 0 Å². The van der Waals surface area contributed by atoms with Gasteiger partial charge >= 0.3 is 0 Å². The van der Waals surface area contributed by atoms with Crippen LogP contribution in [0.1, 0.15) is 37.8 Å². The summed E-state index contributed by atoms with van der Waals surface area (Å²) in [4.78, 5) is 45.3. The van der Waals surface area contributed by atoms with Crippen LogP contribution in [0.3, 0.4) is 0 Å². The molecule has 4 atom stereocenters. The molecule has 0 unspecified atom stereocenters. The highest BCUT2D eigenvalue weighted by atomic mass is 16.2. The molecule has 39 heavy (non-hydrogen) atoms. The van der Waals surface area contributed by atoms with E-state index in [-0.39, 0.29) is 17.6 Å². The smallest absolute Gasteiger partial charge is 0.239 e. The van der Waals surface area contributed by atoms with Crippen LogP contribution in [0.25, 0.3) is 21.9 Å². The van der Waals surface area contributed by atoms with Crippen molar-refractivity contribution in [3.05, 3.63) is 114 Å². The maximum atomic E-state index is 14.8. The van der Waals surface area contributed by atoms with Crippen LogP contribution < -0.4 is 4.90 Å². The molecule has 7 rings (SSSR count).